The van der Waals surface area contributed by atoms with E-state index in [0.29, 0.717) is 6.61 Å². The van der Waals surface area contributed by atoms with Crippen molar-refractivity contribution < 1.29 is 19.1 Å². The lowest BCUT2D eigenvalue weighted by Crippen LogP contribution is -2.11. The molecule has 0 radical (unpaired) electrons. The highest BCUT2D eigenvalue weighted by atomic mass is 16.5. The fraction of sp³-hybridized carbons (Fsp3) is 0.556. The third-order valence-electron chi connectivity index (χ3n) is 1.30. The van der Waals surface area contributed by atoms with Gasteiger partial charge >= 0.3 is 11.9 Å². The zero-order chi connectivity index (χ0) is 10.3. The molecule has 0 saturated heterocycles. The number of rotatable bonds is 5. The van der Waals surface area contributed by atoms with E-state index in [0.717, 1.165) is 6.42 Å². The molecule has 0 bridgehead atoms. The largest absolute Gasteiger partial charge is 0.466 e. The Labute approximate surface area is 77.5 Å². The van der Waals surface area contributed by atoms with E-state index < -0.39 is 11.9 Å². The number of esters is 2. The zero-order valence-corrected chi connectivity index (χ0v) is 7.96. The summed E-state index contributed by atoms with van der Waals surface area (Å²) in [6.07, 6.45) is 0.656. The molecule has 0 rings (SSSR count). The molecule has 0 spiro atoms. The molecule has 0 aromatic rings. The lowest BCUT2D eigenvalue weighted by molar-refractivity contribution is -0.145. The fourth-order valence-corrected chi connectivity index (χ4v) is 0.658. The predicted molar refractivity (Wildman–Crippen MR) is 47.0 cm³/mol. The molecule has 0 aromatic heterocycles. The van der Waals surface area contributed by atoms with Crippen molar-refractivity contribution in [3.8, 4) is 0 Å². The van der Waals surface area contributed by atoms with Gasteiger partial charge in [-0.2, -0.15) is 0 Å². The molecule has 4 nitrogen and oxygen atoms in total. The first-order valence-corrected chi connectivity index (χ1v) is 4.03. The van der Waals surface area contributed by atoms with Crippen LogP contribution in [0, 0.1) is 0 Å². The average molecular weight is 186 g/mol. The van der Waals surface area contributed by atoms with Gasteiger partial charge in [-0.15, -0.1) is 0 Å². The van der Waals surface area contributed by atoms with E-state index in [2.05, 4.69) is 11.3 Å². The number of ether oxygens (including phenoxy) is 2. The average Bonchev–Trinajstić information content (AvgIpc) is 2.13. The van der Waals surface area contributed by atoms with Gasteiger partial charge in [0.25, 0.3) is 0 Å². The zero-order valence-electron chi connectivity index (χ0n) is 7.96. The summed E-state index contributed by atoms with van der Waals surface area (Å²) in [6, 6.07) is 0. The first-order valence-electron chi connectivity index (χ1n) is 4.03. The Morgan fingerprint density at radius 2 is 2.00 bits per heavy atom. The normalized spacial score (nSPS) is 9.08. The van der Waals surface area contributed by atoms with Crippen LogP contribution in [0.2, 0.25) is 0 Å². The molecular formula is C9H14O4. The fourth-order valence-electron chi connectivity index (χ4n) is 0.658. The Morgan fingerprint density at radius 3 is 2.46 bits per heavy atom. The highest BCUT2D eigenvalue weighted by Gasteiger charge is 2.12. The standard InChI is InChI=1S/C9H14O4/c1-4-5-13-8(10)6-7(2)9(11)12-3/h2,4-6H2,1,3H3. The summed E-state index contributed by atoms with van der Waals surface area (Å²) in [6.45, 7) is 5.66. The lowest BCUT2D eigenvalue weighted by atomic mass is 10.2. The van der Waals surface area contributed by atoms with Gasteiger partial charge in [-0.3, -0.25) is 4.79 Å². The summed E-state index contributed by atoms with van der Waals surface area (Å²) in [5.41, 5.74) is 0.114. The molecule has 0 unspecified atom stereocenters. The van der Waals surface area contributed by atoms with E-state index in [1.807, 2.05) is 6.92 Å². The molecule has 0 aromatic carbocycles. The van der Waals surface area contributed by atoms with E-state index in [1.165, 1.54) is 7.11 Å². The van der Waals surface area contributed by atoms with E-state index in [4.69, 9.17) is 4.74 Å². The molecule has 0 amide bonds. The summed E-state index contributed by atoms with van der Waals surface area (Å²) in [5.74, 6) is -1.02. The van der Waals surface area contributed by atoms with E-state index in [1.54, 1.807) is 0 Å². The molecule has 74 valence electrons. The Kier molecular flexibility index (Phi) is 5.59. The third kappa shape index (κ3) is 5.00. The number of hydrogen-bond acceptors (Lipinski definition) is 4. The maximum Gasteiger partial charge on any atom is 0.333 e. The summed E-state index contributed by atoms with van der Waals surface area (Å²) < 4.78 is 9.12. The topological polar surface area (TPSA) is 52.6 Å². The molecule has 0 atom stereocenters. The molecule has 0 N–H and O–H groups in total. The smallest absolute Gasteiger partial charge is 0.333 e. The van der Waals surface area contributed by atoms with Crippen molar-refractivity contribution in [3.63, 3.8) is 0 Å². The van der Waals surface area contributed by atoms with Crippen LogP contribution in [0.4, 0.5) is 0 Å². The van der Waals surface area contributed by atoms with Crippen LogP contribution in [0.15, 0.2) is 12.2 Å². The molecule has 0 aliphatic carbocycles. The minimum atomic E-state index is -0.576. The van der Waals surface area contributed by atoms with Crippen LogP contribution in [0.5, 0.6) is 0 Å². The van der Waals surface area contributed by atoms with Gasteiger partial charge in [-0.25, -0.2) is 4.79 Å². The van der Waals surface area contributed by atoms with Crippen LogP contribution in [-0.4, -0.2) is 25.7 Å². The molecule has 4 heteroatoms. The molecule has 0 fully saturated rings. The quantitative estimate of drug-likeness (QED) is 0.476. The maximum absolute atomic E-state index is 10.9. The summed E-state index contributed by atoms with van der Waals surface area (Å²) >= 11 is 0. The van der Waals surface area contributed by atoms with Gasteiger partial charge in [0, 0.05) is 5.57 Å². The Morgan fingerprint density at radius 1 is 1.38 bits per heavy atom. The number of carbonyl (C=O) groups excluding carboxylic acids is 2. The Balaban J connectivity index is 3.78. The third-order valence-corrected chi connectivity index (χ3v) is 1.30. The van der Waals surface area contributed by atoms with Crippen LogP contribution in [-0.2, 0) is 19.1 Å². The maximum atomic E-state index is 10.9. The highest BCUT2D eigenvalue weighted by molar-refractivity contribution is 5.93. The van der Waals surface area contributed by atoms with Crippen LogP contribution in [0.1, 0.15) is 19.8 Å². The summed E-state index contributed by atoms with van der Waals surface area (Å²) in [5, 5.41) is 0. The van der Waals surface area contributed by atoms with Gasteiger partial charge in [0.15, 0.2) is 0 Å². The second-order valence-electron chi connectivity index (χ2n) is 2.49. The van der Waals surface area contributed by atoms with Gasteiger partial charge in [0.1, 0.15) is 0 Å². The van der Waals surface area contributed by atoms with E-state index in [-0.39, 0.29) is 12.0 Å². The second kappa shape index (κ2) is 6.22. The molecule has 0 aliphatic heterocycles. The van der Waals surface area contributed by atoms with Gasteiger partial charge in [-0.05, 0) is 6.42 Å². The summed E-state index contributed by atoms with van der Waals surface area (Å²) in [4.78, 5) is 21.7. The Hall–Kier alpha value is -1.32. The van der Waals surface area contributed by atoms with Gasteiger partial charge in [0.2, 0.25) is 0 Å². The van der Waals surface area contributed by atoms with E-state index >= 15 is 0 Å². The van der Waals surface area contributed by atoms with Crippen molar-refractivity contribution in [1.29, 1.82) is 0 Å². The second-order valence-corrected chi connectivity index (χ2v) is 2.49. The molecular weight excluding hydrogens is 172 g/mol. The highest BCUT2D eigenvalue weighted by Crippen LogP contribution is 2.02. The summed E-state index contributed by atoms with van der Waals surface area (Å²) in [7, 11) is 1.24. The number of methoxy groups -OCH3 is 1. The molecule has 0 heterocycles. The van der Waals surface area contributed by atoms with Gasteiger partial charge in [0.05, 0.1) is 20.1 Å². The predicted octanol–water partition coefficient (Wildman–Crippen LogP) is 1.06. The van der Waals surface area contributed by atoms with Crippen LogP contribution < -0.4 is 0 Å². The van der Waals surface area contributed by atoms with Crippen LogP contribution in [0.3, 0.4) is 0 Å². The first kappa shape index (κ1) is 11.7. The minimum absolute atomic E-state index is 0.104. The van der Waals surface area contributed by atoms with Crippen molar-refractivity contribution in [2.75, 3.05) is 13.7 Å². The van der Waals surface area contributed by atoms with E-state index in [9.17, 15) is 9.59 Å². The van der Waals surface area contributed by atoms with Gasteiger partial charge < -0.3 is 9.47 Å². The van der Waals surface area contributed by atoms with Crippen molar-refractivity contribution in [1.82, 2.24) is 0 Å². The van der Waals surface area contributed by atoms with Crippen LogP contribution in [0.25, 0.3) is 0 Å². The number of carbonyl (C=O) groups is 2. The lowest BCUT2D eigenvalue weighted by Gasteiger charge is -2.03. The molecule has 13 heavy (non-hydrogen) atoms. The van der Waals surface area contributed by atoms with Crippen molar-refractivity contribution in [2.24, 2.45) is 0 Å². The first-order chi connectivity index (χ1) is 6.11. The van der Waals surface area contributed by atoms with Crippen LogP contribution >= 0.6 is 0 Å². The Bertz CT molecular complexity index is 208. The van der Waals surface area contributed by atoms with Crippen molar-refractivity contribution >= 4 is 11.9 Å². The van der Waals surface area contributed by atoms with Gasteiger partial charge in [-0.1, -0.05) is 13.5 Å². The molecule has 0 saturated carbocycles. The SMILES string of the molecule is C=C(CC(=O)OCCC)C(=O)OC. The van der Waals surface area contributed by atoms with Crippen molar-refractivity contribution in [3.05, 3.63) is 12.2 Å². The van der Waals surface area contributed by atoms with Crippen molar-refractivity contribution in [2.45, 2.75) is 19.8 Å². The molecule has 0 aliphatic rings. The number of hydrogen-bond donors (Lipinski definition) is 0. The minimum Gasteiger partial charge on any atom is -0.466 e. The monoisotopic (exact) mass is 186 g/mol.